The molecule has 1 aromatic rings. The van der Waals surface area contributed by atoms with Gasteiger partial charge in [-0.05, 0) is 32.4 Å². The number of unbranched alkanes of at least 4 members (excludes halogenated alkanes) is 2. The van der Waals surface area contributed by atoms with Crippen molar-refractivity contribution in [3.05, 3.63) is 29.8 Å². The van der Waals surface area contributed by atoms with Crippen LogP contribution in [0.2, 0.25) is 0 Å². The molecular formula is C15H24N2O. The molecule has 0 aliphatic heterocycles. The Hall–Kier alpha value is -1.51. The van der Waals surface area contributed by atoms with Gasteiger partial charge in [-0.2, -0.15) is 0 Å². The fourth-order valence-corrected chi connectivity index (χ4v) is 1.93. The molecule has 0 aliphatic rings. The van der Waals surface area contributed by atoms with Crippen LogP contribution in [0.25, 0.3) is 0 Å². The fraction of sp³-hybridized carbons (Fsp3) is 0.533. The number of hydrogen-bond acceptors (Lipinski definition) is 2. The van der Waals surface area contributed by atoms with E-state index in [4.69, 9.17) is 5.73 Å². The molecule has 100 valence electrons. The maximum atomic E-state index is 11.6. The SMILES string of the molecule is CCCCCC(C)(Nc1ccc(C)cc1)C(N)=O. The molecule has 18 heavy (non-hydrogen) atoms. The van der Waals surface area contributed by atoms with Crippen LogP contribution in [0.1, 0.15) is 45.1 Å². The van der Waals surface area contributed by atoms with Crippen LogP contribution in [0.3, 0.4) is 0 Å². The van der Waals surface area contributed by atoms with Gasteiger partial charge in [-0.25, -0.2) is 0 Å². The zero-order valence-corrected chi connectivity index (χ0v) is 11.6. The first-order valence-electron chi connectivity index (χ1n) is 6.62. The molecule has 0 heterocycles. The minimum atomic E-state index is -0.662. The van der Waals surface area contributed by atoms with Gasteiger partial charge in [-0.1, -0.05) is 43.9 Å². The lowest BCUT2D eigenvalue weighted by Gasteiger charge is -2.28. The lowest BCUT2D eigenvalue weighted by Crippen LogP contribution is -2.47. The number of rotatable bonds is 7. The maximum absolute atomic E-state index is 11.6. The Kier molecular flexibility index (Phi) is 5.20. The van der Waals surface area contributed by atoms with Gasteiger partial charge in [0.1, 0.15) is 5.54 Å². The van der Waals surface area contributed by atoms with Crippen LogP contribution in [0.4, 0.5) is 5.69 Å². The third kappa shape index (κ3) is 4.06. The number of carbonyl (C=O) groups excluding carboxylic acids is 1. The lowest BCUT2D eigenvalue weighted by molar-refractivity contribution is -0.122. The maximum Gasteiger partial charge on any atom is 0.242 e. The Labute approximate surface area is 110 Å². The predicted molar refractivity (Wildman–Crippen MR) is 76.5 cm³/mol. The van der Waals surface area contributed by atoms with Crippen LogP contribution < -0.4 is 11.1 Å². The Morgan fingerprint density at radius 3 is 2.39 bits per heavy atom. The Morgan fingerprint density at radius 1 is 1.28 bits per heavy atom. The number of nitrogens with two attached hydrogens (primary N) is 1. The molecule has 0 spiro atoms. The molecule has 0 aliphatic carbocycles. The number of benzene rings is 1. The second kappa shape index (κ2) is 6.43. The Morgan fingerprint density at radius 2 is 1.89 bits per heavy atom. The molecule has 0 bridgehead atoms. The number of nitrogens with one attached hydrogen (secondary N) is 1. The summed E-state index contributed by atoms with van der Waals surface area (Å²) in [4.78, 5) is 11.6. The standard InChI is InChI=1S/C15H24N2O/c1-4-5-6-11-15(3,14(16)18)17-13-9-7-12(2)8-10-13/h7-10,17H,4-6,11H2,1-3H3,(H2,16,18). The summed E-state index contributed by atoms with van der Waals surface area (Å²) < 4.78 is 0. The minimum Gasteiger partial charge on any atom is -0.371 e. The largest absolute Gasteiger partial charge is 0.371 e. The molecule has 1 unspecified atom stereocenters. The highest BCUT2D eigenvalue weighted by molar-refractivity contribution is 5.87. The topological polar surface area (TPSA) is 55.1 Å². The van der Waals surface area contributed by atoms with Gasteiger partial charge < -0.3 is 11.1 Å². The number of primary amides is 1. The van der Waals surface area contributed by atoms with Crippen molar-refractivity contribution < 1.29 is 4.79 Å². The van der Waals surface area contributed by atoms with Crippen molar-refractivity contribution in [1.29, 1.82) is 0 Å². The summed E-state index contributed by atoms with van der Waals surface area (Å²) in [5, 5.41) is 3.27. The second-order valence-corrected chi connectivity index (χ2v) is 5.14. The first-order valence-corrected chi connectivity index (χ1v) is 6.62. The van der Waals surface area contributed by atoms with Crippen LogP contribution in [0.5, 0.6) is 0 Å². The normalized spacial score (nSPS) is 13.9. The molecule has 0 saturated carbocycles. The van der Waals surface area contributed by atoms with Crippen LogP contribution >= 0.6 is 0 Å². The van der Waals surface area contributed by atoms with Gasteiger partial charge in [0.25, 0.3) is 0 Å². The summed E-state index contributed by atoms with van der Waals surface area (Å²) in [5.41, 5.74) is 7.01. The molecule has 0 fully saturated rings. The minimum absolute atomic E-state index is 0.292. The molecule has 1 aromatic carbocycles. The van der Waals surface area contributed by atoms with Crippen molar-refractivity contribution in [2.24, 2.45) is 5.73 Å². The molecule has 1 amide bonds. The molecule has 0 saturated heterocycles. The zero-order valence-electron chi connectivity index (χ0n) is 11.6. The van der Waals surface area contributed by atoms with Crippen molar-refractivity contribution in [3.63, 3.8) is 0 Å². The number of hydrogen-bond donors (Lipinski definition) is 2. The number of aryl methyl sites for hydroxylation is 1. The molecule has 3 nitrogen and oxygen atoms in total. The molecule has 3 N–H and O–H groups in total. The average molecular weight is 248 g/mol. The zero-order chi connectivity index (χ0) is 13.6. The van der Waals surface area contributed by atoms with Gasteiger partial charge in [0, 0.05) is 5.69 Å². The molecule has 0 aromatic heterocycles. The Bertz CT molecular complexity index is 386. The predicted octanol–water partition coefficient (Wildman–Crippen LogP) is 3.23. The number of carbonyl (C=O) groups is 1. The van der Waals surface area contributed by atoms with Crippen molar-refractivity contribution >= 4 is 11.6 Å². The van der Waals surface area contributed by atoms with E-state index in [1.165, 1.54) is 5.56 Å². The molecule has 0 radical (unpaired) electrons. The summed E-state index contributed by atoms with van der Waals surface area (Å²) in [5.74, 6) is -0.292. The van der Waals surface area contributed by atoms with Crippen molar-refractivity contribution in [3.8, 4) is 0 Å². The summed E-state index contributed by atoms with van der Waals surface area (Å²) in [6, 6.07) is 8.01. The van der Waals surface area contributed by atoms with Crippen molar-refractivity contribution in [1.82, 2.24) is 0 Å². The summed E-state index contributed by atoms with van der Waals surface area (Å²) in [6.45, 7) is 6.07. The highest BCUT2D eigenvalue weighted by atomic mass is 16.1. The second-order valence-electron chi connectivity index (χ2n) is 5.14. The van der Waals surface area contributed by atoms with Gasteiger partial charge in [-0.15, -0.1) is 0 Å². The Balaban J connectivity index is 2.72. The van der Waals surface area contributed by atoms with Gasteiger partial charge in [0.15, 0.2) is 0 Å². The van der Waals surface area contributed by atoms with Crippen molar-refractivity contribution in [2.75, 3.05) is 5.32 Å². The molecular weight excluding hydrogens is 224 g/mol. The van der Waals surface area contributed by atoms with E-state index in [9.17, 15) is 4.79 Å². The average Bonchev–Trinajstić information content (AvgIpc) is 2.32. The molecule has 1 rings (SSSR count). The molecule has 1 atom stereocenters. The third-order valence-corrected chi connectivity index (χ3v) is 3.30. The van der Waals surface area contributed by atoms with E-state index in [0.717, 1.165) is 31.4 Å². The van der Waals surface area contributed by atoms with Crippen LogP contribution in [0, 0.1) is 6.92 Å². The smallest absolute Gasteiger partial charge is 0.242 e. The number of anilines is 1. The monoisotopic (exact) mass is 248 g/mol. The first-order chi connectivity index (χ1) is 8.48. The van der Waals surface area contributed by atoms with Crippen LogP contribution in [-0.4, -0.2) is 11.4 Å². The van der Waals surface area contributed by atoms with E-state index in [1.54, 1.807) is 0 Å². The van der Waals surface area contributed by atoms with E-state index >= 15 is 0 Å². The highest BCUT2D eigenvalue weighted by Gasteiger charge is 2.30. The summed E-state index contributed by atoms with van der Waals surface area (Å²) in [7, 11) is 0. The first kappa shape index (κ1) is 14.6. The lowest BCUT2D eigenvalue weighted by atomic mass is 9.93. The van der Waals surface area contributed by atoms with E-state index in [-0.39, 0.29) is 5.91 Å². The quantitative estimate of drug-likeness (QED) is 0.728. The summed E-state index contributed by atoms with van der Waals surface area (Å²) >= 11 is 0. The van der Waals surface area contributed by atoms with E-state index in [0.29, 0.717) is 0 Å². The van der Waals surface area contributed by atoms with E-state index < -0.39 is 5.54 Å². The third-order valence-electron chi connectivity index (χ3n) is 3.30. The van der Waals surface area contributed by atoms with Gasteiger partial charge in [0.05, 0.1) is 0 Å². The highest BCUT2D eigenvalue weighted by Crippen LogP contribution is 2.21. The van der Waals surface area contributed by atoms with Gasteiger partial charge in [-0.3, -0.25) is 4.79 Å². The van der Waals surface area contributed by atoms with Crippen LogP contribution in [-0.2, 0) is 4.79 Å². The van der Waals surface area contributed by atoms with Crippen molar-refractivity contribution in [2.45, 2.75) is 52.0 Å². The van der Waals surface area contributed by atoms with Gasteiger partial charge >= 0.3 is 0 Å². The summed E-state index contributed by atoms with van der Waals surface area (Å²) in [6.07, 6.45) is 4.04. The van der Waals surface area contributed by atoms with E-state index in [2.05, 4.69) is 12.2 Å². The number of amides is 1. The van der Waals surface area contributed by atoms with Gasteiger partial charge in [0.2, 0.25) is 5.91 Å². The molecule has 3 heteroatoms. The van der Waals surface area contributed by atoms with E-state index in [1.807, 2.05) is 38.1 Å². The fourth-order valence-electron chi connectivity index (χ4n) is 1.93. The van der Waals surface area contributed by atoms with Crippen LogP contribution in [0.15, 0.2) is 24.3 Å².